The van der Waals surface area contributed by atoms with Gasteiger partial charge in [0.25, 0.3) is 0 Å². The zero-order valence-electron chi connectivity index (χ0n) is 14.9. The molecule has 0 spiro atoms. The molecule has 1 fully saturated rings. The van der Waals surface area contributed by atoms with Crippen molar-refractivity contribution in [3.8, 4) is 0 Å². The van der Waals surface area contributed by atoms with E-state index in [0.29, 0.717) is 0 Å². The van der Waals surface area contributed by atoms with Crippen LogP contribution >= 0.6 is 11.6 Å². The number of pyridine rings is 1. The van der Waals surface area contributed by atoms with E-state index in [4.69, 9.17) is 16.3 Å². The van der Waals surface area contributed by atoms with Crippen LogP contribution in [-0.2, 0) is 16.3 Å². The highest BCUT2D eigenvalue weighted by atomic mass is 35.5. The first kappa shape index (κ1) is 20.8. The van der Waals surface area contributed by atoms with Crippen molar-refractivity contribution < 1.29 is 27.8 Å². The molecule has 1 N–H and O–H groups in total. The average Bonchev–Trinajstić information content (AvgIpc) is 2.52. The molecule has 0 aromatic carbocycles. The van der Waals surface area contributed by atoms with Crippen molar-refractivity contribution in [3.63, 3.8) is 0 Å². The molecular weight excluding hydrogens is 373 g/mol. The zero-order valence-corrected chi connectivity index (χ0v) is 15.6. The molecule has 1 saturated heterocycles. The van der Waals surface area contributed by atoms with Gasteiger partial charge in [-0.1, -0.05) is 11.6 Å². The summed E-state index contributed by atoms with van der Waals surface area (Å²) in [4.78, 5) is 17.6. The van der Waals surface area contributed by atoms with Gasteiger partial charge in [-0.3, -0.25) is 0 Å². The summed E-state index contributed by atoms with van der Waals surface area (Å²) in [6, 6.07) is 1.68. The van der Waals surface area contributed by atoms with Gasteiger partial charge in [-0.2, -0.15) is 13.2 Å². The molecule has 26 heavy (non-hydrogen) atoms. The van der Waals surface area contributed by atoms with E-state index >= 15 is 0 Å². The van der Waals surface area contributed by atoms with Gasteiger partial charge in [-0.15, -0.1) is 0 Å². The maximum absolute atomic E-state index is 13.1. The van der Waals surface area contributed by atoms with Crippen molar-refractivity contribution in [1.29, 1.82) is 0 Å². The molecule has 0 radical (unpaired) electrons. The zero-order chi connectivity index (χ0) is 19.8. The largest absolute Gasteiger partial charge is 0.444 e. The van der Waals surface area contributed by atoms with Crippen LogP contribution in [0.1, 0.15) is 44.9 Å². The quantitative estimate of drug-likeness (QED) is 0.770. The second-order valence-corrected chi connectivity index (χ2v) is 7.85. The molecule has 1 aromatic rings. The summed E-state index contributed by atoms with van der Waals surface area (Å²) in [7, 11) is 0. The lowest BCUT2D eigenvalue weighted by molar-refractivity contribution is -0.137. The van der Waals surface area contributed by atoms with E-state index in [-0.39, 0.29) is 43.4 Å². The molecule has 0 unspecified atom stereocenters. The number of ether oxygens (including phenoxy) is 1. The van der Waals surface area contributed by atoms with Gasteiger partial charge in [-0.25, -0.2) is 9.78 Å². The van der Waals surface area contributed by atoms with Crippen LogP contribution in [-0.4, -0.2) is 46.4 Å². The molecule has 146 valence electrons. The van der Waals surface area contributed by atoms with E-state index in [1.807, 2.05) is 0 Å². The summed E-state index contributed by atoms with van der Waals surface area (Å²) in [6.07, 6.45) is -4.53. The molecule has 0 atom stereocenters. The number of carbonyl (C=O) groups excluding carboxylic acids is 1. The summed E-state index contributed by atoms with van der Waals surface area (Å²) >= 11 is 5.77. The van der Waals surface area contributed by atoms with Crippen LogP contribution in [0.4, 0.5) is 18.0 Å². The van der Waals surface area contributed by atoms with Crippen LogP contribution in [0.25, 0.3) is 0 Å². The number of aliphatic hydroxyl groups is 1. The smallest absolute Gasteiger partial charge is 0.416 e. The van der Waals surface area contributed by atoms with Crippen molar-refractivity contribution in [2.75, 3.05) is 19.7 Å². The number of likely N-dealkylation sites (tertiary alicyclic amines) is 1. The summed E-state index contributed by atoms with van der Waals surface area (Å²) < 4.78 is 44.5. The molecule has 5 nitrogen and oxygen atoms in total. The van der Waals surface area contributed by atoms with E-state index in [9.17, 15) is 23.1 Å². The number of hydrogen-bond acceptors (Lipinski definition) is 4. The van der Waals surface area contributed by atoms with Crippen molar-refractivity contribution in [2.45, 2.75) is 50.8 Å². The predicted octanol–water partition coefficient (Wildman–Crippen LogP) is 4.01. The van der Waals surface area contributed by atoms with Crippen LogP contribution in [0.5, 0.6) is 0 Å². The van der Waals surface area contributed by atoms with Crippen LogP contribution in [0.2, 0.25) is 5.15 Å². The summed E-state index contributed by atoms with van der Waals surface area (Å²) in [6.45, 7) is 5.35. The SMILES string of the molecule is CC(C)(C)OC(=O)N1CCC(CO)(c2cc(C(F)(F)F)cc(Cl)n2)CC1. The second kappa shape index (κ2) is 7.23. The number of halogens is 4. The van der Waals surface area contributed by atoms with Crippen LogP contribution in [0.15, 0.2) is 12.1 Å². The van der Waals surface area contributed by atoms with E-state index in [1.54, 1.807) is 20.8 Å². The predicted molar refractivity (Wildman–Crippen MR) is 90.1 cm³/mol. The fraction of sp³-hybridized carbons (Fsp3) is 0.647. The molecule has 1 amide bonds. The maximum atomic E-state index is 13.1. The van der Waals surface area contributed by atoms with Crippen LogP contribution in [0, 0.1) is 0 Å². The number of nitrogens with zero attached hydrogens (tertiary/aromatic N) is 2. The minimum atomic E-state index is -4.56. The summed E-state index contributed by atoms with van der Waals surface area (Å²) in [5.41, 5.74) is -2.44. The lowest BCUT2D eigenvalue weighted by Crippen LogP contribution is -2.48. The fourth-order valence-electron chi connectivity index (χ4n) is 2.87. The van der Waals surface area contributed by atoms with Crippen molar-refractivity contribution in [3.05, 3.63) is 28.5 Å². The number of carbonyl (C=O) groups is 1. The van der Waals surface area contributed by atoms with Crippen molar-refractivity contribution in [1.82, 2.24) is 9.88 Å². The van der Waals surface area contributed by atoms with Crippen LogP contribution in [0.3, 0.4) is 0 Å². The topological polar surface area (TPSA) is 62.7 Å². The third-order valence-electron chi connectivity index (χ3n) is 4.34. The Bertz CT molecular complexity index is 666. The third kappa shape index (κ3) is 4.79. The Hall–Kier alpha value is -1.54. The molecule has 2 rings (SSSR count). The van der Waals surface area contributed by atoms with E-state index in [1.165, 1.54) is 4.90 Å². The number of rotatable bonds is 2. The number of aromatic nitrogens is 1. The van der Waals surface area contributed by atoms with Gasteiger partial charge in [-0.05, 0) is 45.7 Å². The summed E-state index contributed by atoms with van der Waals surface area (Å²) in [5.74, 6) is 0. The summed E-state index contributed by atoms with van der Waals surface area (Å²) in [5, 5.41) is 9.61. The van der Waals surface area contributed by atoms with Gasteiger partial charge in [0.1, 0.15) is 10.8 Å². The number of hydrogen-bond donors (Lipinski definition) is 1. The Morgan fingerprint density at radius 1 is 1.31 bits per heavy atom. The maximum Gasteiger partial charge on any atom is 0.416 e. The Morgan fingerprint density at radius 2 is 1.88 bits per heavy atom. The highest BCUT2D eigenvalue weighted by Gasteiger charge is 2.41. The first-order valence-corrected chi connectivity index (χ1v) is 8.58. The van der Waals surface area contributed by atoms with E-state index < -0.39 is 28.8 Å². The van der Waals surface area contributed by atoms with Gasteiger partial charge in [0.05, 0.1) is 17.9 Å². The molecule has 1 aliphatic heterocycles. The van der Waals surface area contributed by atoms with Gasteiger partial charge in [0.15, 0.2) is 0 Å². The Morgan fingerprint density at radius 3 is 2.35 bits per heavy atom. The normalized spacial score (nSPS) is 17.9. The molecule has 9 heteroatoms. The lowest BCUT2D eigenvalue weighted by atomic mass is 9.75. The van der Waals surface area contributed by atoms with Gasteiger partial charge >= 0.3 is 12.3 Å². The number of amides is 1. The minimum absolute atomic E-state index is 0.0867. The van der Waals surface area contributed by atoms with Crippen molar-refractivity contribution >= 4 is 17.7 Å². The number of aliphatic hydroxyl groups excluding tert-OH is 1. The van der Waals surface area contributed by atoms with Crippen molar-refractivity contribution in [2.24, 2.45) is 0 Å². The molecule has 2 heterocycles. The molecular formula is C17H22ClF3N2O3. The molecule has 1 aliphatic rings. The lowest BCUT2D eigenvalue weighted by Gasteiger charge is -2.40. The monoisotopic (exact) mass is 394 g/mol. The molecule has 1 aromatic heterocycles. The number of piperidine rings is 1. The van der Waals surface area contributed by atoms with Gasteiger partial charge < -0.3 is 14.7 Å². The fourth-order valence-corrected chi connectivity index (χ4v) is 3.08. The Labute approximate surface area is 155 Å². The minimum Gasteiger partial charge on any atom is -0.444 e. The van der Waals surface area contributed by atoms with E-state index in [2.05, 4.69) is 4.98 Å². The average molecular weight is 395 g/mol. The highest BCUT2D eigenvalue weighted by Crippen LogP contribution is 2.38. The van der Waals surface area contributed by atoms with E-state index in [0.717, 1.165) is 12.1 Å². The molecule has 0 aliphatic carbocycles. The van der Waals surface area contributed by atoms with Crippen LogP contribution < -0.4 is 0 Å². The second-order valence-electron chi connectivity index (χ2n) is 7.47. The first-order valence-electron chi connectivity index (χ1n) is 8.20. The van der Waals surface area contributed by atoms with Gasteiger partial charge in [0, 0.05) is 18.5 Å². The molecule has 0 saturated carbocycles. The third-order valence-corrected chi connectivity index (χ3v) is 4.53. The highest BCUT2D eigenvalue weighted by molar-refractivity contribution is 6.29. The standard InChI is InChI=1S/C17H22ClF3N2O3/c1-15(2,3)26-14(25)23-6-4-16(10-24,5-7-23)12-8-11(17(19,20)21)9-13(18)22-12/h8-9,24H,4-7,10H2,1-3H3. The number of alkyl halides is 3. The molecule has 0 bridgehead atoms. The Balaban J connectivity index is 2.22. The Kier molecular flexibility index (Phi) is 5.77. The van der Waals surface area contributed by atoms with Gasteiger partial charge in [0.2, 0.25) is 0 Å². The first-order chi connectivity index (χ1) is 11.9.